The molecule has 0 spiro atoms. The van der Waals surface area contributed by atoms with Crippen LogP contribution in [0.25, 0.3) is 10.8 Å². The van der Waals surface area contributed by atoms with Gasteiger partial charge in [0, 0.05) is 28.6 Å². The van der Waals surface area contributed by atoms with Crippen molar-refractivity contribution in [3.63, 3.8) is 0 Å². The Morgan fingerprint density at radius 1 is 1.00 bits per heavy atom. The Hall–Kier alpha value is -6.37. The van der Waals surface area contributed by atoms with Crippen molar-refractivity contribution in [1.82, 2.24) is 20.9 Å². The summed E-state index contributed by atoms with van der Waals surface area (Å²) in [5.41, 5.74) is 3.74. The maximum absolute atomic E-state index is 13.4. The van der Waals surface area contributed by atoms with Gasteiger partial charge in [-0.2, -0.15) is 10.2 Å². The number of aromatic amines is 1. The molecule has 3 N–H and O–H groups in total. The van der Waals surface area contributed by atoms with E-state index in [0.29, 0.717) is 39.0 Å². The lowest BCUT2D eigenvalue weighted by molar-refractivity contribution is -0.384. The van der Waals surface area contributed by atoms with Crippen molar-refractivity contribution in [2.75, 3.05) is 7.11 Å². The summed E-state index contributed by atoms with van der Waals surface area (Å²) in [6.45, 7) is 0.137. The predicted molar refractivity (Wildman–Crippen MR) is 165 cm³/mol. The molecule has 45 heavy (non-hydrogen) atoms. The number of hydrogen-bond donors (Lipinski definition) is 3. The van der Waals surface area contributed by atoms with Crippen molar-refractivity contribution in [2.24, 2.45) is 5.10 Å². The molecule has 0 fully saturated rings. The molecular weight excluding hydrogens is 580 g/mol. The van der Waals surface area contributed by atoms with Crippen molar-refractivity contribution in [3.8, 4) is 11.5 Å². The molecule has 5 aromatic rings. The fourth-order valence-corrected chi connectivity index (χ4v) is 4.44. The molecule has 0 radical (unpaired) electrons. The first-order chi connectivity index (χ1) is 21.8. The summed E-state index contributed by atoms with van der Waals surface area (Å²) in [5, 5.41) is 24.8. The second-order valence-electron chi connectivity index (χ2n) is 9.60. The molecule has 5 rings (SSSR count). The first-order valence-corrected chi connectivity index (χ1v) is 13.5. The quantitative estimate of drug-likeness (QED) is 0.115. The minimum absolute atomic E-state index is 0.0381. The normalized spacial score (nSPS) is 11.6. The molecule has 0 aliphatic rings. The molecule has 0 aliphatic carbocycles. The molecule has 1 aromatic heterocycles. The van der Waals surface area contributed by atoms with Gasteiger partial charge >= 0.3 is 0 Å². The zero-order chi connectivity index (χ0) is 31.8. The molecule has 1 atom stereocenters. The van der Waals surface area contributed by atoms with E-state index in [4.69, 9.17) is 9.47 Å². The largest absolute Gasteiger partial charge is 0.496 e. The Bertz CT molecular complexity index is 1940. The lowest BCUT2D eigenvalue weighted by atomic mass is 10.0. The predicted octanol–water partition coefficient (Wildman–Crippen LogP) is 4.04. The molecule has 13 nitrogen and oxygen atoms in total. The third-order valence-corrected chi connectivity index (χ3v) is 6.71. The van der Waals surface area contributed by atoms with Crippen LogP contribution in [0.3, 0.4) is 0 Å². The van der Waals surface area contributed by atoms with Crippen molar-refractivity contribution in [2.45, 2.75) is 12.6 Å². The van der Waals surface area contributed by atoms with Gasteiger partial charge in [-0.05, 0) is 42.0 Å². The summed E-state index contributed by atoms with van der Waals surface area (Å²) in [7, 11) is 1.49. The van der Waals surface area contributed by atoms with Crippen LogP contribution in [-0.4, -0.2) is 40.3 Å². The lowest BCUT2D eigenvalue weighted by Gasteiger charge is -2.18. The first-order valence-electron chi connectivity index (χ1n) is 13.5. The van der Waals surface area contributed by atoms with Gasteiger partial charge in [-0.3, -0.25) is 24.5 Å². The van der Waals surface area contributed by atoms with E-state index in [0.717, 1.165) is 0 Å². The summed E-state index contributed by atoms with van der Waals surface area (Å²) >= 11 is 0. The van der Waals surface area contributed by atoms with Crippen LogP contribution in [0.5, 0.6) is 11.5 Å². The number of H-pyrrole nitrogens is 1. The number of nitro benzene ring substituents is 1. The number of ether oxygens (including phenoxy) is 2. The number of rotatable bonds is 11. The molecule has 0 saturated heterocycles. The Kier molecular flexibility index (Phi) is 9.19. The highest BCUT2D eigenvalue weighted by Gasteiger charge is 2.27. The summed E-state index contributed by atoms with van der Waals surface area (Å²) in [5.74, 6) is -0.271. The van der Waals surface area contributed by atoms with Gasteiger partial charge in [0.1, 0.15) is 23.8 Å². The van der Waals surface area contributed by atoms with E-state index in [-0.39, 0.29) is 18.0 Å². The van der Waals surface area contributed by atoms with Crippen LogP contribution in [0.15, 0.2) is 107 Å². The fraction of sp³-hybridized carbons (Fsp3) is 0.0938. The molecule has 226 valence electrons. The van der Waals surface area contributed by atoms with Crippen molar-refractivity contribution in [3.05, 3.63) is 140 Å². The minimum Gasteiger partial charge on any atom is -0.496 e. The van der Waals surface area contributed by atoms with E-state index in [2.05, 4.69) is 26.0 Å². The third-order valence-electron chi connectivity index (χ3n) is 6.71. The van der Waals surface area contributed by atoms with Gasteiger partial charge in [0.2, 0.25) is 0 Å². The molecule has 2 amide bonds. The summed E-state index contributed by atoms with van der Waals surface area (Å²) < 4.78 is 11.2. The highest BCUT2D eigenvalue weighted by molar-refractivity contribution is 5.99. The second kappa shape index (κ2) is 13.7. The third kappa shape index (κ3) is 7.17. The van der Waals surface area contributed by atoms with Crippen LogP contribution in [0.4, 0.5) is 5.69 Å². The number of aromatic nitrogens is 2. The number of hydrogen-bond acceptors (Lipinski definition) is 9. The van der Waals surface area contributed by atoms with E-state index in [9.17, 15) is 24.5 Å². The average molecular weight is 607 g/mol. The number of non-ortho nitro benzene ring substituents is 1. The molecule has 1 heterocycles. The Labute approximate surface area is 255 Å². The van der Waals surface area contributed by atoms with Crippen LogP contribution >= 0.6 is 0 Å². The molecule has 4 aromatic carbocycles. The van der Waals surface area contributed by atoms with Gasteiger partial charge < -0.3 is 14.8 Å². The summed E-state index contributed by atoms with van der Waals surface area (Å²) in [4.78, 5) is 49.2. The smallest absolute Gasteiger partial charge is 0.272 e. The molecule has 0 aliphatic heterocycles. The Morgan fingerprint density at radius 2 is 1.71 bits per heavy atom. The number of nitrogens with one attached hydrogen (secondary N) is 3. The maximum Gasteiger partial charge on any atom is 0.272 e. The van der Waals surface area contributed by atoms with E-state index in [1.54, 1.807) is 72.8 Å². The topological polar surface area (TPSA) is 178 Å². The van der Waals surface area contributed by atoms with Crippen molar-refractivity contribution in [1.29, 1.82) is 0 Å². The maximum atomic E-state index is 13.4. The van der Waals surface area contributed by atoms with Crippen molar-refractivity contribution >= 4 is 34.5 Å². The Balaban J connectivity index is 1.32. The van der Waals surface area contributed by atoms with Gasteiger partial charge in [0.25, 0.3) is 23.1 Å². The number of carbonyl (C=O) groups excluding carboxylic acids is 2. The number of nitro groups is 1. The summed E-state index contributed by atoms with van der Waals surface area (Å²) in [6.07, 6.45) is 1.40. The minimum atomic E-state index is -1.30. The van der Waals surface area contributed by atoms with Crippen LogP contribution in [0.2, 0.25) is 0 Å². The highest BCUT2D eigenvalue weighted by Crippen LogP contribution is 2.24. The zero-order valence-electron chi connectivity index (χ0n) is 23.8. The number of fused-ring (bicyclic) bond motifs is 1. The van der Waals surface area contributed by atoms with Crippen LogP contribution in [0, 0.1) is 10.1 Å². The van der Waals surface area contributed by atoms with E-state index >= 15 is 0 Å². The highest BCUT2D eigenvalue weighted by atomic mass is 16.6. The number of carbonyl (C=O) groups is 2. The van der Waals surface area contributed by atoms with Crippen molar-refractivity contribution < 1.29 is 24.0 Å². The van der Waals surface area contributed by atoms with Crippen LogP contribution in [0.1, 0.15) is 33.2 Å². The number of amides is 2. The number of hydrazone groups is 1. The second-order valence-corrected chi connectivity index (χ2v) is 9.60. The standard InChI is InChI=1S/C32H26N6O7/c1-44-27-17-20(11-12-22(27)19-45-24-15-13-23(14-16-24)38(42)43)18-33-36-32(41)29(34-30(39)21-7-3-2-4-8-21)28-25-9-5-6-10-26(25)31(40)37-35-28/h2-18,29H,19H2,1H3,(H,34,39)(H,36,41)(H,37,40). The van der Waals surface area contributed by atoms with Crippen LogP contribution < -0.4 is 25.8 Å². The molecule has 1 unspecified atom stereocenters. The van der Waals surface area contributed by atoms with Gasteiger partial charge in [0.15, 0.2) is 6.04 Å². The molecule has 13 heteroatoms. The van der Waals surface area contributed by atoms with Gasteiger partial charge in [-0.1, -0.05) is 48.5 Å². The first kappa shape index (κ1) is 30.1. The zero-order valence-corrected chi connectivity index (χ0v) is 23.8. The molecule has 0 bridgehead atoms. The van der Waals surface area contributed by atoms with E-state index in [1.807, 2.05) is 0 Å². The number of methoxy groups -OCH3 is 1. The number of nitrogens with zero attached hydrogens (tertiary/aromatic N) is 3. The fourth-order valence-electron chi connectivity index (χ4n) is 4.44. The molecular formula is C32H26N6O7. The number of benzene rings is 4. The Morgan fingerprint density at radius 3 is 2.42 bits per heavy atom. The van der Waals surface area contributed by atoms with E-state index in [1.165, 1.54) is 37.6 Å². The van der Waals surface area contributed by atoms with Gasteiger partial charge in [-0.15, -0.1) is 0 Å². The lowest BCUT2D eigenvalue weighted by Crippen LogP contribution is -2.40. The van der Waals surface area contributed by atoms with Crippen LogP contribution in [-0.2, 0) is 11.4 Å². The summed E-state index contributed by atoms with van der Waals surface area (Å²) in [6, 6.07) is 24.6. The molecule has 0 saturated carbocycles. The van der Waals surface area contributed by atoms with Gasteiger partial charge in [-0.25, -0.2) is 10.5 Å². The monoisotopic (exact) mass is 606 g/mol. The van der Waals surface area contributed by atoms with E-state index < -0.39 is 28.3 Å². The SMILES string of the molecule is COc1cc(C=NNC(=O)C(NC(=O)c2ccccc2)c2n[nH]c(=O)c3ccccc23)ccc1COc1ccc([N+](=O)[O-])cc1. The van der Waals surface area contributed by atoms with Gasteiger partial charge in [0.05, 0.1) is 23.6 Å². The average Bonchev–Trinajstić information content (AvgIpc) is 3.07.